The van der Waals surface area contributed by atoms with Gasteiger partial charge in [0.1, 0.15) is 18.3 Å². The minimum Gasteiger partial charge on any atom is -0.371 e. The van der Waals surface area contributed by atoms with E-state index in [9.17, 15) is 4.79 Å². The number of carbonyl (C=O) groups is 1. The second-order valence-electron chi connectivity index (χ2n) is 6.28. The van der Waals surface area contributed by atoms with E-state index in [1.807, 2.05) is 16.4 Å². The molecule has 2 aromatic rings. The van der Waals surface area contributed by atoms with E-state index in [1.54, 1.807) is 18.9 Å². The summed E-state index contributed by atoms with van der Waals surface area (Å²) < 4.78 is 8.04. The maximum Gasteiger partial charge on any atom is 0.274 e. The van der Waals surface area contributed by atoms with Crippen molar-refractivity contribution < 1.29 is 9.53 Å². The number of likely N-dealkylation sites (tertiary alicyclic amines) is 1. The molecule has 0 bridgehead atoms. The van der Waals surface area contributed by atoms with Gasteiger partial charge in [-0.25, -0.2) is 4.98 Å². The first kappa shape index (κ1) is 14.3. The Morgan fingerprint density at radius 3 is 2.87 bits per heavy atom. The van der Waals surface area contributed by atoms with Crippen LogP contribution in [0, 0.1) is 6.92 Å². The van der Waals surface area contributed by atoms with E-state index in [-0.39, 0.29) is 17.6 Å². The number of nitrogens with zero attached hydrogens (tertiary/aromatic N) is 6. The first-order valence-corrected chi connectivity index (χ1v) is 7.71. The molecule has 120 valence electrons. The summed E-state index contributed by atoms with van der Waals surface area (Å²) in [6, 6.07) is 0.235. The molecule has 0 aliphatic carbocycles. The van der Waals surface area contributed by atoms with E-state index in [0.29, 0.717) is 25.4 Å². The molecule has 4 heterocycles. The average Bonchev–Trinajstić information content (AvgIpc) is 3.29. The molecule has 0 N–H and O–H groups in total. The lowest BCUT2D eigenvalue weighted by molar-refractivity contribution is 0.0117. The van der Waals surface area contributed by atoms with Crippen LogP contribution in [0.3, 0.4) is 0 Å². The molecule has 23 heavy (non-hydrogen) atoms. The van der Waals surface area contributed by atoms with E-state index < -0.39 is 0 Å². The standard InChI is InChI=1S/C15H18N6O2/c1-11-5-17-13(6-16-11)14(22)20-3-2-15(8-20)4-12(7-23-15)21-9-18-19-10-21/h5-6,9-10,12H,2-4,7-8H2,1H3/t12-,15+/m1/s1. The summed E-state index contributed by atoms with van der Waals surface area (Å²) in [4.78, 5) is 22.7. The SMILES string of the molecule is Cc1cnc(C(=O)N2CC[C@]3(C[C@@H](n4cnnc4)CO3)C2)cn1. The van der Waals surface area contributed by atoms with Gasteiger partial charge >= 0.3 is 0 Å². The summed E-state index contributed by atoms with van der Waals surface area (Å²) in [7, 11) is 0. The number of carbonyl (C=O) groups excluding carboxylic acids is 1. The fraction of sp³-hybridized carbons (Fsp3) is 0.533. The third-order valence-corrected chi connectivity index (χ3v) is 4.65. The minimum absolute atomic E-state index is 0.0780. The van der Waals surface area contributed by atoms with Crippen LogP contribution in [0.4, 0.5) is 0 Å². The molecule has 2 aromatic heterocycles. The van der Waals surface area contributed by atoms with Crippen LogP contribution < -0.4 is 0 Å². The molecule has 2 aliphatic rings. The molecule has 2 saturated heterocycles. The largest absolute Gasteiger partial charge is 0.371 e. The molecule has 8 nitrogen and oxygen atoms in total. The molecule has 0 radical (unpaired) electrons. The minimum atomic E-state index is -0.261. The highest BCUT2D eigenvalue weighted by molar-refractivity contribution is 5.92. The predicted octanol–water partition coefficient (Wildman–Crippen LogP) is 0.623. The lowest BCUT2D eigenvalue weighted by Crippen LogP contribution is -2.36. The van der Waals surface area contributed by atoms with Gasteiger partial charge in [0.25, 0.3) is 5.91 Å². The normalized spacial score (nSPS) is 27.0. The fourth-order valence-electron chi connectivity index (χ4n) is 3.38. The van der Waals surface area contributed by atoms with E-state index in [4.69, 9.17) is 4.74 Å². The van der Waals surface area contributed by atoms with Gasteiger partial charge in [-0.15, -0.1) is 10.2 Å². The zero-order valence-electron chi connectivity index (χ0n) is 12.9. The van der Waals surface area contributed by atoms with Crippen molar-refractivity contribution in [2.45, 2.75) is 31.4 Å². The fourth-order valence-corrected chi connectivity index (χ4v) is 3.38. The number of ether oxygens (including phenoxy) is 1. The average molecular weight is 314 g/mol. The Labute approximate surface area is 133 Å². The van der Waals surface area contributed by atoms with Gasteiger partial charge in [0.2, 0.25) is 0 Å². The maximum absolute atomic E-state index is 12.6. The quantitative estimate of drug-likeness (QED) is 0.808. The third-order valence-electron chi connectivity index (χ3n) is 4.65. The van der Waals surface area contributed by atoms with Crippen LogP contribution in [0.2, 0.25) is 0 Å². The summed E-state index contributed by atoms with van der Waals surface area (Å²) >= 11 is 0. The van der Waals surface area contributed by atoms with Crippen molar-refractivity contribution in [3.63, 3.8) is 0 Å². The zero-order chi connectivity index (χ0) is 15.9. The van der Waals surface area contributed by atoms with Gasteiger partial charge in [0, 0.05) is 19.2 Å². The monoisotopic (exact) mass is 314 g/mol. The predicted molar refractivity (Wildman–Crippen MR) is 79.6 cm³/mol. The summed E-state index contributed by atoms with van der Waals surface area (Å²) in [5.41, 5.74) is 0.930. The van der Waals surface area contributed by atoms with Crippen LogP contribution in [0.25, 0.3) is 0 Å². The molecule has 0 saturated carbocycles. The molecular weight excluding hydrogens is 296 g/mol. The molecule has 8 heteroatoms. The molecule has 0 unspecified atom stereocenters. The summed E-state index contributed by atoms with van der Waals surface area (Å²) in [6.07, 6.45) is 8.30. The number of aryl methyl sites for hydroxylation is 1. The van der Waals surface area contributed by atoms with Gasteiger partial charge in [0.15, 0.2) is 0 Å². The van der Waals surface area contributed by atoms with Gasteiger partial charge < -0.3 is 14.2 Å². The van der Waals surface area contributed by atoms with E-state index in [1.165, 1.54) is 6.20 Å². The van der Waals surface area contributed by atoms with Crippen LogP contribution in [0.1, 0.15) is 35.1 Å². The van der Waals surface area contributed by atoms with Crippen molar-refractivity contribution in [3.8, 4) is 0 Å². The van der Waals surface area contributed by atoms with Gasteiger partial charge in [-0.05, 0) is 13.3 Å². The van der Waals surface area contributed by atoms with Crippen molar-refractivity contribution in [1.82, 2.24) is 29.6 Å². The van der Waals surface area contributed by atoms with E-state index >= 15 is 0 Å². The Morgan fingerprint density at radius 1 is 1.30 bits per heavy atom. The Morgan fingerprint density at radius 2 is 2.13 bits per heavy atom. The first-order chi connectivity index (χ1) is 11.2. The Balaban J connectivity index is 1.45. The van der Waals surface area contributed by atoms with Crippen LogP contribution in [0.15, 0.2) is 25.0 Å². The topological polar surface area (TPSA) is 86.0 Å². The Kier molecular flexibility index (Phi) is 3.33. The van der Waals surface area contributed by atoms with E-state index in [0.717, 1.165) is 18.5 Å². The van der Waals surface area contributed by atoms with Gasteiger partial charge in [-0.1, -0.05) is 0 Å². The van der Waals surface area contributed by atoms with E-state index in [2.05, 4.69) is 20.2 Å². The molecule has 1 amide bonds. The lowest BCUT2D eigenvalue weighted by atomic mass is 9.97. The smallest absolute Gasteiger partial charge is 0.274 e. The Bertz CT molecular complexity index is 701. The zero-order valence-corrected chi connectivity index (χ0v) is 12.9. The van der Waals surface area contributed by atoms with Crippen LogP contribution >= 0.6 is 0 Å². The number of hydrogen-bond donors (Lipinski definition) is 0. The summed E-state index contributed by atoms with van der Waals surface area (Å²) in [6.45, 7) is 3.76. The van der Waals surface area contributed by atoms with Crippen LogP contribution in [-0.2, 0) is 4.74 Å². The second kappa shape index (κ2) is 5.38. The lowest BCUT2D eigenvalue weighted by Gasteiger charge is -2.23. The van der Waals surface area contributed by atoms with Gasteiger partial charge in [-0.3, -0.25) is 9.78 Å². The van der Waals surface area contributed by atoms with Crippen molar-refractivity contribution in [2.75, 3.05) is 19.7 Å². The van der Waals surface area contributed by atoms with Crippen LogP contribution in [-0.4, -0.2) is 60.8 Å². The molecule has 0 aromatic carbocycles. The third kappa shape index (κ3) is 2.59. The second-order valence-corrected chi connectivity index (χ2v) is 6.28. The number of hydrogen-bond acceptors (Lipinski definition) is 6. The number of amides is 1. The number of aromatic nitrogens is 5. The highest BCUT2D eigenvalue weighted by Crippen LogP contribution is 2.40. The highest BCUT2D eigenvalue weighted by atomic mass is 16.5. The van der Waals surface area contributed by atoms with Crippen molar-refractivity contribution in [2.24, 2.45) is 0 Å². The molecule has 4 rings (SSSR count). The summed E-state index contributed by atoms with van der Waals surface area (Å²) in [5, 5.41) is 7.70. The molecular formula is C15H18N6O2. The molecule has 1 spiro atoms. The number of rotatable bonds is 2. The highest BCUT2D eigenvalue weighted by Gasteiger charge is 2.47. The first-order valence-electron chi connectivity index (χ1n) is 7.71. The molecule has 2 atom stereocenters. The van der Waals surface area contributed by atoms with Crippen molar-refractivity contribution in [1.29, 1.82) is 0 Å². The van der Waals surface area contributed by atoms with Gasteiger partial charge in [0.05, 0.1) is 36.7 Å². The molecule has 2 fully saturated rings. The Hall–Kier alpha value is -2.35. The van der Waals surface area contributed by atoms with Gasteiger partial charge in [-0.2, -0.15) is 0 Å². The molecule has 2 aliphatic heterocycles. The summed E-state index contributed by atoms with van der Waals surface area (Å²) in [5.74, 6) is -0.0780. The van der Waals surface area contributed by atoms with Crippen LogP contribution in [0.5, 0.6) is 0 Å². The maximum atomic E-state index is 12.6. The van der Waals surface area contributed by atoms with Crippen molar-refractivity contribution >= 4 is 5.91 Å². The van der Waals surface area contributed by atoms with Crippen molar-refractivity contribution in [3.05, 3.63) is 36.4 Å².